The standard InChI is InChI=1S/C18H14F3N3O2/c19-12-4-3-10(15(20)16(12)21)8-24-6-5-13-11(9-24)18(25)23-17(22-13)14-2-1-7-26-14/h1-4,7H,5-6,8-9H2,(H,22,23,25). The van der Waals surface area contributed by atoms with Gasteiger partial charge in [-0.3, -0.25) is 9.69 Å². The van der Waals surface area contributed by atoms with Crippen LogP contribution < -0.4 is 5.56 Å². The molecule has 1 aliphatic heterocycles. The summed E-state index contributed by atoms with van der Waals surface area (Å²) in [6.45, 7) is 0.829. The van der Waals surface area contributed by atoms with Gasteiger partial charge in [0.1, 0.15) is 0 Å². The number of H-pyrrole nitrogens is 1. The molecule has 3 heterocycles. The molecule has 8 heteroatoms. The molecule has 0 bridgehead atoms. The van der Waals surface area contributed by atoms with Gasteiger partial charge < -0.3 is 9.40 Å². The van der Waals surface area contributed by atoms with Crippen molar-refractivity contribution >= 4 is 0 Å². The Morgan fingerprint density at radius 1 is 1.19 bits per heavy atom. The largest absolute Gasteiger partial charge is 0.461 e. The number of hydrogen-bond donors (Lipinski definition) is 1. The van der Waals surface area contributed by atoms with Crippen LogP contribution in [0.25, 0.3) is 11.6 Å². The predicted molar refractivity (Wildman–Crippen MR) is 86.7 cm³/mol. The minimum Gasteiger partial charge on any atom is -0.461 e. The average Bonchev–Trinajstić information content (AvgIpc) is 3.17. The second-order valence-electron chi connectivity index (χ2n) is 6.11. The van der Waals surface area contributed by atoms with Crippen LogP contribution in [0, 0.1) is 17.5 Å². The molecule has 0 saturated carbocycles. The van der Waals surface area contributed by atoms with Gasteiger partial charge in [-0.15, -0.1) is 0 Å². The SMILES string of the molecule is O=c1[nH]c(-c2ccco2)nc2c1CN(Cc1ccc(F)c(F)c1F)CC2. The fourth-order valence-electron chi connectivity index (χ4n) is 3.07. The fraction of sp³-hybridized carbons (Fsp3) is 0.222. The van der Waals surface area contributed by atoms with Crippen molar-refractivity contribution in [1.82, 2.24) is 14.9 Å². The van der Waals surface area contributed by atoms with Crippen LogP contribution in [-0.2, 0) is 19.5 Å². The highest BCUT2D eigenvalue weighted by Gasteiger charge is 2.23. The first-order chi connectivity index (χ1) is 12.5. The van der Waals surface area contributed by atoms with Crippen LogP contribution in [0.3, 0.4) is 0 Å². The quantitative estimate of drug-likeness (QED) is 0.729. The van der Waals surface area contributed by atoms with Crippen LogP contribution in [0.2, 0.25) is 0 Å². The number of nitrogens with zero attached hydrogens (tertiary/aromatic N) is 2. The van der Waals surface area contributed by atoms with E-state index in [9.17, 15) is 18.0 Å². The zero-order valence-corrected chi connectivity index (χ0v) is 13.6. The molecule has 0 unspecified atom stereocenters. The minimum absolute atomic E-state index is 0.0453. The van der Waals surface area contributed by atoms with E-state index in [1.165, 1.54) is 12.3 Å². The molecule has 1 aromatic carbocycles. The third-order valence-corrected chi connectivity index (χ3v) is 4.41. The van der Waals surface area contributed by atoms with E-state index in [0.29, 0.717) is 35.8 Å². The number of nitrogens with one attached hydrogen (secondary N) is 1. The van der Waals surface area contributed by atoms with Gasteiger partial charge in [0, 0.05) is 31.6 Å². The Hall–Kier alpha value is -2.87. The van der Waals surface area contributed by atoms with Crippen LogP contribution in [0.1, 0.15) is 16.8 Å². The Kier molecular flexibility index (Phi) is 4.12. The molecule has 1 N–H and O–H groups in total. The Morgan fingerprint density at radius 3 is 2.81 bits per heavy atom. The summed E-state index contributed by atoms with van der Waals surface area (Å²) in [5, 5.41) is 0. The number of hydrogen-bond acceptors (Lipinski definition) is 4. The summed E-state index contributed by atoms with van der Waals surface area (Å²) >= 11 is 0. The first kappa shape index (κ1) is 16.6. The number of benzene rings is 1. The Bertz CT molecular complexity index is 1020. The van der Waals surface area contributed by atoms with E-state index in [1.54, 1.807) is 17.0 Å². The summed E-state index contributed by atoms with van der Waals surface area (Å²) < 4.78 is 45.6. The van der Waals surface area contributed by atoms with Gasteiger partial charge in [0.2, 0.25) is 0 Å². The van der Waals surface area contributed by atoms with Gasteiger partial charge in [-0.2, -0.15) is 0 Å². The Balaban J connectivity index is 1.59. The molecule has 0 fully saturated rings. The van der Waals surface area contributed by atoms with Gasteiger partial charge in [-0.25, -0.2) is 18.2 Å². The molecule has 0 atom stereocenters. The summed E-state index contributed by atoms with van der Waals surface area (Å²) in [7, 11) is 0. The van der Waals surface area contributed by atoms with Crippen molar-refractivity contribution in [3.8, 4) is 11.6 Å². The first-order valence-electron chi connectivity index (χ1n) is 8.03. The molecule has 2 aromatic heterocycles. The number of halogens is 3. The lowest BCUT2D eigenvalue weighted by atomic mass is 10.1. The number of furan rings is 1. The molecule has 26 heavy (non-hydrogen) atoms. The summed E-state index contributed by atoms with van der Waals surface area (Å²) in [6, 6.07) is 5.51. The minimum atomic E-state index is -1.48. The summed E-state index contributed by atoms with van der Waals surface area (Å²) in [4.78, 5) is 21.3. The van der Waals surface area contributed by atoms with Crippen molar-refractivity contribution in [2.24, 2.45) is 0 Å². The van der Waals surface area contributed by atoms with Crippen molar-refractivity contribution in [3.63, 3.8) is 0 Å². The monoisotopic (exact) mass is 361 g/mol. The third-order valence-electron chi connectivity index (χ3n) is 4.41. The Labute approximate surface area is 146 Å². The number of aromatic amines is 1. The molecule has 0 amide bonds. The maximum Gasteiger partial charge on any atom is 0.256 e. The molecule has 5 nitrogen and oxygen atoms in total. The summed E-state index contributed by atoms with van der Waals surface area (Å²) in [6.07, 6.45) is 1.98. The topological polar surface area (TPSA) is 62.1 Å². The lowest BCUT2D eigenvalue weighted by molar-refractivity contribution is 0.237. The highest BCUT2D eigenvalue weighted by molar-refractivity contribution is 5.47. The molecule has 0 spiro atoms. The maximum absolute atomic E-state index is 13.9. The van der Waals surface area contributed by atoms with Crippen molar-refractivity contribution in [2.75, 3.05) is 6.54 Å². The lowest BCUT2D eigenvalue weighted by Crippen LogP contribution is -2.35. The molecular formula is C18H14F3N3O2. The van der Waals surface area contributed by atoms with Gasteiger partial charge >= 0.3 is 0 Å². The van der Waals surface area contributed by atoms with E-state index >= 15 is 0 Å². The van der Waals surface area contributed by atoms with Crippen LogP contribution in [0.4, 0.5) is 13.2 Å². The maximum atomic E-state index is 13.9. The van der Waals surface area contributed by atoms with E-state index in [0.717, 1.165) is 6.07 Å². The van der Waals surface area contributed by atoms with Gasteiger partial charge in [-0.05, 0) is 18.2 Å². The molecular weight excluding hydrogens is 347 g/mol. The number of rotatable bonds is 3. The highest BCUT2D eigenvalue weighted by atomic mass is 19.2. The first-order valence-corrected chi connectivity index (χ1v) is 8.03. The zero-order chi connectivity index (χ0) is 18.3. The molecule has 0 radical (unpaired) electrons. The number of aromatic nitrogens is 2. The van der Waals surface area contributed by atoms with Gasteiger partial charge in [-0.1, -0.05) is 6.07 Å². The van der Waals surface area contributed by atoms with Crippen LogP contribution >= 0.6 is 0 Å². The van der Waals surface area contributed by atoms with Crippen molar-refractivity contribution in [3.05, 3.63) is 75.2 Å². The van der Waals surface area contributed by atoms with Gasteiger partial charge in [0.25, 0.3) is 5.56 Å². The molecule has 4 rings (SSSR count). The van der Waals surface area contributed by atoms with Crippen LogP contribution in [-0.4, -0.2) is 21.4 Å². The molecule has 1 aliphatic rings. The van der Waals surface area contributed by atoms with Gasteiger partial charge in [0.15, 0.2) is 29.0 Å². The van der Waals surface area contributed by atoms with E-state index in [2.05, 4.69) is 9.97 Å². The second kappa shape index (κ2) is 6.45. The van der Waals surface area contributed by atoms with Crippen molar-refractivity contribution in [1.29, 1.82) is 0 Å². The lowest BCUT2D eigenvalue weighted by Gasteiger charge is -2.27. The van der Waals surface area contributed by atoms with Crippen LogP contribution in [0.15, 0.2) is 39.7 Å². The summed E-state index contributed by atoms with van der Waals surface area (Å²) in [5.41, 5.74) is 0.887. The fourth-order valence-corrected chi connectivity index (χ4v) is 3.07. The summed E-state index contributed by atoms with van der Waals surface area (Å²) in [5.74, 6) is -3.07. The zero-order valence-electron chi connectivity index (χ0n) is 13.6. The van der Waals surface area contributed by atoms with Crippen molar-refractivity contribution < 1.29 is 17.6 Å². The molecule has 3 aromatic rings. The third kappa shape index (κ3) is 2.92. The van der Waals surface area contributed by atoms with Crippen LogP contribution in [0.5, 0.6) is 0 Å². The van der Waals surface area contributed by atoms with E-state index in [-0.39, 0.29) is 24.2 Å². The molecule has 0 aliphatic carbocycles. The van der Waals surface area contributed by atoms with E-state index in [4.69, 9.17) is 4.42 Å². The normalized spacial score (nSPS) is 14.4. The highest BCUT2D eigenvalue weighted by Crippen LogP contribution is 2.22. The predicted octanol–water partition coefficient (Wildman–Crippen LogP) is 3.01. The second-order valence-corrected chi connectivity index (χ2v) is 6.11. The number of fused-ring (bicyclic) bond motifs is 1. The Morgan fingerprint density at radius 2 is 2.04 bits per heavy atom. The average molecular weight is 361 g/mol. The molecule has 134 valence electrons. The molecule has 0 saturated heterocycles. The van der Waals surface area contributed by atoms with Crippen molar-refractivity contribution in [2.45, 2.75) is 19.5 Å². The van der Waals surface area contributed by atoms with E-state index < -0.39 is 17.5 Å². The smallest absolute Gasteiger partial charge is 0.256 e. The van der Waals surface area contributed by atoms with Gasteiger partial charge in [0.05, 0.1) is 17.5 Å². The van der Waals surface area contributed by atoms with E-state index in [1.807, 2.05) is 0 Å².